The van der Waals surface area contributed by atoms with E-state index < -0.39 is 6.10 Å². The van der Waals surface area contributed by atoms with E-state index in [2.05, 4.69) is 45.1 Å². The Kier molecular flexibility index (Phi) is 45.5. The van der Waals surface area contributed by atoms with Crippen LogP contribution in [-0.2, 0) is 28.6 Å². The molecule has 0 heterocycles. The molecule has 0 spiro atoms. The van der Waals surface area contributed by atoms with E-state index in [9.17, 15) is 14.4 Å². The van der Waals surface area contributed by atoms with Crippen molar-refractivity contribution in [3.8, 4) is 0 Å². The van der Waals surface area contributed by atoms with Gasteiger partial charge in [0.2, 0.25) is 0 Å². The Balaban J connectivity index is 4.45. The molecule has 0 radical (unpaired) electrons. The third-order valence-corrected chi connectivity index (χ3v) is 10.3. The van der Waals surface area contributed by atoms with Crippen LogP contribution in [0.15, 0.2) is 85.1 Å². The molecule has 0 aromatic rings. The van der Waals surface area contributed by atoms with E-state index in [1.165, 1.54) is 109 Å². The summed E-state index contributed by atoms with van der Waals surface area (Å²) < 4.78 is 16.7. The molecule has 0 aromatic carbocycles. The first-order valence-corrected chi connectivity index (χ1v) is 24.7. The van der Waals surface area contributed by atoms with Gasteiger partial charge in [0, 0.05) is 19.3 Å². The van der Waals surface area contributed by atoms with E-state index >= 15 is 0 Å². The Labute approximate surface area is 369 Å². The van der Waals surface area contributed by atoms with Crippen molar-refractivity contribution in [2.45, 2.75) is 226 Å². The zero-order valence-electron chi connectivity index (χ0n) is 38.9. The molecular weight excluding hydrogens is 745 g/mol. The molecule has 0 N–H and O–H groups in total. The van der Waals surface area contributed by atoms with Gasteiger partial charge in [0.05, 0.1) is 0 Å². The van der Waals surface area contributed by atoms with Crippen LogP contribution in [0.1, 0.15) is 220 Å². The van der Waals surface area contributed by atoms with E-state index in [4.69, 9.17) is 14.2 Å². The summed E-state index contributed by atoms with van der Waals surface area (Å²) in [7, 11) is 0. The molecule has 0 aliphatic rings. The first kappa shape index (κ1) is 56.6. The Morgan fingerprint density at radius 2 is 0.683 bits per heavy atom. The normalized spacial score (nSPS) is 12.8. The van der Waals surface area contributed by atoms with Gasteiger partial charge in [0.15, 0.2) is 6.10 Å². The zero-order valence-corrected chi connectivity index (χ0v) is 38.9. The summed E-state index contributed by atoms with van der Waals surface area (Å²) in [6.45, 7) is 6.39. The van der Waals surface area contributed by atoms with Gasteiger partial charge in [-0.25, -0.2) is 0 Å². The fourth-order valence-electron chi connectivity index (χ4n) is 6.59. The predicted octanol–water partition coefficient (Wildman–Crippen LogP) is 16.0. The highest BCUT2D eigenvalue weighted by Crippen LogP contribution is 2.15. The van der Waals surface area contributed by atoms with Crippen LogP contribution in [0.4, 0.5) is 0 Å². The van der Waals surface area contributed by atoms with Crippen LogP contribution in [0.3, 0.4) is 0 Å². The quantitative estimate of drug-likeness (QED) is 0.0200. The number of allylic oxidation sites excluding steroid dienone is 14. The Morgan fingerprint density at radius 1 is 0.350 bits per heavy atom. The monoisotopic (exact) mass is 835 g/mol. The van der Waals surface area contributed by atoms with Crippen molar-refractivity contribution < 1.29 is 28.6 Å². The molecule has 0 aliphatic carbocycles. The van der Waals surface area contributed by atoms with Crippen molar-refractivity contribution in [3.05, 3.63) is 85.1 Å². The van der Waals surface area contributed by atoms with Gasteiger partial charge in [-0.2, -0.15) is 0 Å². The molecule has 0 fully saturated rings. The molecule has 0 saturated heterocycles. The maximum Gasteiger partial charge on any atom is 0.306 e. The van der Waals surface area contributed by atoms with Crippen molar-refractivity contribution in [2.24, 2.45) is 0 Å². The lowest BCUT2D eigenvalue weighted by Gasteiger charge is -2.18. The van der Waals surface area contributed by atoms with Gasteiger partial charge in [-0.05, 0) is 57.8 Å². The van der Waals surface area contributed by atoms with Gasteiger partial charge in [-0.1, -0.05) is 228 Å². The molecule has 0 aromatic heterocycles. The number of ether oxygens (including phenoxy) is 3. The van der Waals surface area contributed by atoms with Crippen LogP contribution in [0, 0.1) is 0 Å². The molecule has 342 valence electrons. The van der Waals surface area contributed by atoms with Crippen molar-refractivity contribution in [2.75, 3.05) is 13.2 Å². The van der Waals surface area contributed by atoms with Crippen molar-refractivity contribution in [3.63, 3.8) is 0 Å². The van der Waals surface area contributed by atoms with Gasteiger partial charge in [-0.3, -0.25) is 14.4 Å². The smallest absolute Gasteiger partial charge is 0.306 e. The Hall–Kier alpha value is -3.41. The fraction of sp³-hybridized carbons (Fsp3) is 0.685. The van der Waals surface area contributed by atoms with Gasteiger partial charge < -0.3 is 14.2 Å². The molecular formula is C54H90O6. The maximum absolute atomic E-state index is 12.8. The molecule has 0 aliphatic heterocycles. The predicted molar refractivity (Wildman–Crippen MR) is 256 cm³/mol. The fourth-order valence-corrected chi connectivity index (χ4v) is 6.59. The molecule has 60 heavy (non-hydrogen) atoms. The van der Waals surface area contributed by atoms with Crippen molar-refractivity contribution in [1.82, 2.24) is 0 Å². The number of rotatable bonds is 43. The summed E-state index contributed by atoms with van der Waals surface area (Å²) in [5.74, 6) is -0.983. The van der Waals surface area contributed by atoms with Gasteiger partial charge in [-0.15, -0.1) is 0 Å². The van der Waals surface area contributed by atoms with E-state index in [1.807, 2.05) is 60.8 Å². The largest absolute Gasteiger partial charge is 0.462 e. The average Bonchev–Trinajstić information content (AvgIpc) is 3.24. The lowest BCUT2D eigenvalue weighted by Crippen LogP contribution is -2.30. The van der Waals surface area contributed by atoms with Crippen LogP contribution in [0.2, 0.25) is 0 Å². The molecule has 1 atom stereocenters. The Bertz CT molecular complexity index is 1190. The average molecular weight is 835 g/mol. The topological polar surface area (TPSA) is 78.9 Å². The van der Waals surface area contributed by atoms with Crippen LogP contribution in [0.25, 0.3) is 0 Å². The van der Waals surface area contributed by atoms with E-state index in [0.717, 1.165) is 64.2 Å². The van der Waals surface area contributed by atoms with E-state index in [0.29, 0.717) is 25.7 Å². The van der Waals surface area contributed by atoms with Gasteiger partial charge >= 0.3 is 17.9 Å². The number of esters is 3. The van der Waals surface area contributed by atoms with E-state index in [1.54, 1.807) is 0 Å². The molecule has 0 bridgehead atoms. The summed E-state index contributed by atoms with van der Waals surface area (Å²) in [6, 6.07) is 0. The number of carbonyl (C=O) groups excluding carboxylic acids is 3. The number of unbranched alkanes of at least 4 members (excludes halogenated alkanes) is 23. The summed E-state index contributed by atoms with van der Waals surface area (Å²) in [5.41, 5.74) is 0. The van der Waals surface area contributed by atoms with Crippen molar-refractivity contribution in [1.29, 1.82) is 0 Å². The van der Waals surface area contributed by atoms with Crippen LogP contribution >= 0.6 is 0 Å². The highest BCUT2D eigenvalue weighted by atomic mass is 16.6. The van der Waals surface area contributed by atoms with E-state index in [-0.39, 0.29) is 31.1 Å². The lowest BCUT2D eigenvalue weighted by molar-refractivity contribution is -0.167. The molecule has 1 unspecified atom stereocenters. The molecule has 6 nitrogen and oxygen atoms in total. The molecule has 0 amide bonds. The standard InChI is InChI=1S/C54H90O6/c1-4-7-10-13-16-19-21-23-25-27-29-30-32-35-38-41-44-47-53(56)59-50-51(49-58-52(55)46-43-40-37-34-18-15-12-9-6-3)60-54(57)48-45-42-39-36-33-31-28-26-24-22-20-17-14-11-8-5-2/h7,10,13,16,19,21,23,25,27,29-30,32,34,37,51H,4-6,8-9,11-12,14-15,17-18,20,22,24,26,28,31,33,35-36,38-50H2,1-3H3/b10-7-,16-13-,21-19-,25-23-,29-27+,32-30-,37-34-. The molecule has 0 saturated carbocycles. The minimum atomic E-state index is -0.802. The lowest BCUT2D eigenvalue weighted by atomic mass is 10.0. The van der Waals surface area contributed by atoms with Crippen LogP contribution in [-0.4, -0.2) is 37.2 Å². The minimum absolute atomic E-state index is 0.106. The third kappa shape index (κ3) is 45.7. The summed E-state index contributed by atoms with van der Waals surface area (Å²) in [4.78, 5) is 37.8. The third-order valence-electron chi connectivity index (χ3n) is 10.3. The SMILES string of the molecule is CC\C=C/C=C\C=C/C=C\C=C\C=C/CCCCCC(=O)OCC(COC(=O)CCC/C=C\CCCCCC)OC(=O)CCCCCCCCCCCCCCCCCC. The molecule has 0 rings (SSSR count). The first-order valence-electron chi connectivity index (χ1n) is 24.7. The number of hydrogen-bond donors (Lipinski definition) is 0. The highest BCUT2D eigenvalue weighted by Gasteiger charge is 2.19. The number of carbonyl (C=O) groups is 3. The van der Waals surface area contributed by atoms with Gasteiger partial charge in [0.25, 0.3) is 0 Å². The highest BCUT2D eigenvalue weighted by molar-refractivity contribution is 5.71. The van der Waals surface area contributed by atoms with Crippen molar-refractivity contribution >= 4 is 17.9 Å². The second-order valence-electron chi connectivity index (χ2n) is 16.1. The van der Waals surface area contributed by atoms with Crippen LogP contribution in [0.5, 0.6) is 0 Å². The van der Waals surface area contributed by atoms with Gasteiger partial charge in [0.1, 0.15) is 13.2 Å². The first-order chi connectivity index (χ1) is 29.5. The minimum Gasteiger partial charge on any atom is -0.462 e. The Morgan fingerprint density at radius 3 is 1.15 bits per heavy atom. The zero-order chi connectivity index (χ0) is 43.7. The number of hydrogen-bond acceptors (Lipinski definition) is 6. The second kappa shape index (κ2) is 48.3. The molecule has 6 heteroatoms. The summed E-state index contributed by atoms with van der Waals surface area (Å²) in [5, 5.41) is 0. The summed E-state index contributed by atoms with van der Waals surface area (Å²) >= 11 is 0. The second-order valence-corrected chi connectivity index (χ2v) is 16.1. The summed E-state index contributed by atoms with van der Waals surface area (Å²) in [6.07, 6.45) is 61.4. The van der Waals surface area contributed by atoms with Crippen LogP contribution < -0.4 is 0 Å². The maximum atomic E-state index is 12.8.